The highest BCUT2D eigenvalue weighted by molar-refractivity contribution is 7.25. The van der Waals surface area contributed by atoms with Crippen molar-refractivity contribution in [2.75, 3.05) is 0 Å². The van der Waals surface area contributed by atoms with Crippen LogP contribution in [0, 0.1) is 0 Å². The Balaban J connectivity index is 1.13. The van der Waals surface area contributed by atoms with Crippen LogP contribution in [-0.4, -0.2) is 24.1 Å². The van der Waals surface area contributed by atoms with Crippen LogP contribution in [0.2, 0.25) is 0 Å². The van der Waals surface area contributed by atoms with Crippen LogP contribution in [0.25, 0.3) is 131 Å². The van der Waals surface area contributed by atoms with Crippen molar-refractivity contribution in [3.05, 3.63) is 188 Å². The summed E-state index contributed by atoms with van der Waals surface area (Å²) in [5.41, 5.74) is 8.77. The first kappa shape index (κ1) is 33.7. The molecule has 0 saturated carbocycles. The average molecular weight is 810 g/mol. The standard InChI is InChI=1S/C55H31N5OS/c1-2-14-33-29-47-40(27-32(33)13-1)37-17-5-8-20-44(37)59(47)48-31-52-42(39-19-7-12-24-51(39)62-52)30-43(48)54-56-53(34-25-26-50-41(28-34)38-18-6-11-23-49(38)61-50)57-55(58-54)60-45-21-9-3-15-35(45)36-16-4-10-22-46(36)60/h1-31H. The fraction of sp³-hybridized carbons (Fsp3) is 0. The second-order valence-corrected chi connectivity index (χ2v) is 17.1. The molecule has 0 N–H and O–H groups in total. The quantitative estimate of drug-likeness (QED) is 0.178. The normalized spacial score (nSPS) is 12.2. The van der Waals surface area contributed by atoms with Crippen LogP contribution in [0.4, 0.5) is 0 Å². The number of hydrogen-bond donors (Lipinski definition) is 0. The van der Waals surface area contributed by atoms with Crippen molar-refractivity contribution >= 4 is 108 Å². The van der Waals surface area contributed by atoms with Gasteiger partial charge < -0.3 is 8.98 Å². The number of benzene rings is 9. The van der Waals surface area contributed by atoms with Crippen molar-refractivity contribution in [1.82, 2.24) is 24.1 Å². The molecule has 0 spiro atoms. The highest BCUT2D eigenvalue weighted by Gasteiger charge is 2.24. The van der Waals surface area contributed by atoms with Gasteiger partial charge in [0.1, 0.15) is 11.2 Å². The summed E-state index contributed by atoms with van der Waals surface area (Å²) in [6.07, 6.45) is 0. The minimum atomic E-state index is 0.550. The maximum absolute atomic E-state index is 6.28. The minimum Gasteiger partial charge on any atom is -0.456 e. The summed E-state index contributed by atoms with van der Waals surface area (Å²) in [5, 5.41) is 11.5. The third kappa shape index (κ3) is 4.82. The number of para-hydroxylation sites is 4. The van der Waals surface area contributed by atoms with E-state index in [2.05, 4.69) is 179 Å². The van der Waals surface area contributed by atoms with E-state index in [0.29, 0.717) is 17.6 Å². The lowest BCUT2D eigenvalue weighted by Crippen LogP contribution is -2.08. The maximum Gasteiger partial charge on any atom is 0.238 e. The topological polar surface area (TPSA) is 61.7 Å². The molecule has 0 fully saturated rings. The molecule has 5 aromatic heterocycles. The summed E-state index contributed by atoms with van der Waals surface area (Å²) in [7, 11) is 0. The van der Waals surface area contributed by atoms with E-state index < -0.39 is 0 Å². The molecule has 0 amide bonds. The molecular formula is C55H31N5OS. The van der Waals surface area contributed by atoms with Crippen molar-refractivity contribution < 1.29 is 4.42 Å². The summed E-state index contributed by atoms with van der Waals surface area (Å²) in [6, 6.07) is 66.8. The van der Waals surface area contributed by atoms with Gasteiger partial charge in [-0.05, 0) is 83.6 Å². The first-order valence-corrected chi connectivity index (χ1v) is 21.6. The van der Waals surface area contributed by atoms with Crippen LogP contribution >= 0.6 is 11.3 Å². The predicted molar refractivity (Wildman–Crippen MR) is 257 cm³/mol. The zero-order valence-corrected chi connectivity index (χ0v) is 33.8. The van der Waals surface area contributed by atoms with Gasteiger partial charge in [-0.2, -0.15) is 9.97 Å². The Morgan fingerprint density at radius 1 is 0.371 bits per heavy atom. The second kappa shape index (κ2) is 12.7. The molecule has 62 heavy (non-hydrogen) atoms. The number of nitrogens with zero attached hydrogens (tertiary/aromatic N) is 5. The molecule has 9 aromatic carbocycles. The van der Waals surface area contributed by atoms with Gasteiger partial charge in [0, 0.05) is 63.6 Å². The Morgan fingerprint density at radius 2 is 0.968 bits per heavy atom. The summed E-state index contributed by atoms with van der Waals surface area (Å²) >= 11 is 1.82. The summed E-state index contributed by atoms with van der Waals surface area (Å²) < 4.78 is 13.3. The van der Waals surface area contributed by atoms with Gasteiger partial charge in [0.25, 0.3) is 0 Å². The van der Waals surface area contributed by atoms with Gasteiger partial charge in [-0.15, -0.1) is 11.3 Å². The van der Waals surface area contributed by atoms with Crippen LogP contribution in [0.5, 0.6) is 0 Å². The van der Waals surface area contributed by atoms with Crippen molar-refractivity contribution in [2.24, 2.45) is 0 Å². The average Bonchev–Trinajstić information content (AvgIpc) is 4.07. The van der Waals surface area contributed by atoms with Gasteiger partial charge in [0.05, 0.1) is 27.8 Å². The Bertz CT molecular complexity index is 4130. The highest BCUT2D eigenvalue weighted by atomic mass is 32.1. The van der Waals surface area contributed by atoms with E-state index in [0.717, 1.165) is 71.6 Å². The van der Waals surface area contributed by atoms with Gasteiger partial charge in [-0.1, -0.05) is 115 Å². The molecule has 0 aliphatic carbocycles. The van der Waals surface area contributed by atoms with Crippen LogP contribution in [0.1, 0.15) is 0 Å². The molecule has 5 heterocycles. The number of hydrogen-bond acceptors (Lipinski definition) is 5. The summed E-state index contributed by atoms with van der Waals surface area (Å²) in [6.45, 7) is 0. The Morgan fingerprint density at radius 3 is 1.74 bits per heavy atom. The second-order valence-electron chi connectivity index (χ2n) is 16.0. The number of furan rings is 1. The van der Waals surface area contributed by atoms with Gasteiger partial charge >= 0.3 is 0 Å². The molecule has 0 radical (unpaired) electrons. The first-order valence-electron chi connectivity index (χ1n) is 20.8. The molecule has 14 rings (SSSR count). The number of aromatic nitrogens is 5. The fourth-order valence-electron chi connectivity index (χ4n) is 9.76. The highest BCUT2D eigenvalue weighted by Crippen LogP contribution is 2.43. The zero-order chi connectivity index (χ0) is 40.5. The Kier molecular flexibility index (Phi) is 6.89. The molecule has 0 atom stereocenters. The molecule has 0 aliphatic rings. The molecule has 7 heteroatoms. The van der Waals surface area contributed by atoms with Crippen molar-refractivity contribution in [3.8, 4) is 34.4 Å². The van der Waals surface area contributed by atoms with Crippen LogP contribution in [0.3, 0.4) is 0 Å². The molecule has 0 unspecified atom stereocenters. The lowest BCUT2D eigenvalue weighted by atomic mass is 10.0. The van der Waals surface area contributed by atoms with Gasteiger partial charge in [-0.25, -0.2) is 4.98 Å². The Labute approximate surface area is 357 Å². The van der Waals surface area contributed by atoms with Gasteiger partial charge in [0.15, 0.2) is 11.6 Å². The number of thiophene rings is 1. The van der Waals surface area contributed by atoms with Crippen molar-refractivity contribution in [1.29, 1.82) is 0 Å². The van der Waals surface area contributed by atoms with E-state index in [1.54, 1.807) is 0 Å². The lowest BCUT2D eigenvalue weighted by molar-refractivity contribution is 0.669. The van der Waals surface area contributed by atoms with Crippen molar-refractivity contribution in [3.63, 3.8) is 0 Å². The van der Waals surface area contributed by atoms with Crippen LogP contribution in [0.15, 0.2) is 192 Å². The number of rotatable bonds is 4. The van der Waals surface area contributed by atoms with Crippen LogP contribution in [-0.2, 0) is 0 Å². The number of fused-ring (bicyclic) bond motifs is 13. The predicted octanol–water partition coefficient (Wildman–Crippen LogP) is 14.8. The van der Waals surface area contributed by atoms with E-state index in [1.807, 2.05) is 29.5 Å². The third-order valence-corrected chi connectivity index (χ3v) is 13.7. The maximum atomic E-state index is 6.28. The van der Waals surface area contributed by atoms with Crippen molar-refractivity contribution in [2.45, 2.75) is 0 Å². The molecule has 288 valence electrons. The van der Waals surface area contributed by atoms with Gasteiger partial charge in [-0.3, -0.25) is 4.57 Å². The monoisotopic (exact) mass is 809 g/mol. The van der Waals surface area contributed by atoms with E-state index in [-0.39, 0.29) is 0 Å². The van der Waals surface area contributed by atoms with Crippen LogP contribution < -0.4 is 0 Å². The molecule has 0 aliphatic heterocycles. The SMILES string of the molecule is c1ccc2cc3c(cc2c1)c1ccccc1n3-c1cc2sc3ccccc3c2cc1-c1nc(-c2ccc3oc4ccccc4c3c2)nc(-n2c3ccccc3c3ccccc32)n1. The molecule has 14 aromatic rings. The molecular weight excluding hydrogens is 779 g/mol. The third-order valence-electron chi connectivity index (χ3n) is 12.6. The summed E-state index contributed by atoms with van der Waals surface area (Å²) in [4.78, 5) is 16.4. The largest absolute Gasteiger partial charge is 0.456 e. The lowest BCUT2D eigenvalue weighted by Gasteiger charge is -2.16. The first-order chi connectivity index (χ1) is 30.7. The van der Waals surface area contributed by atoms with Gasteiger partial charge in [0.2, 0.25) is 5.95 Å². The van der Waals surface area contributed by atoms with E-state index >= 15 is 0 Å². The fourth-order valence-corrected chi connectivity index (χ4v) is 10.9. The summed E-state index contributed by atoms with van der Waals surface area (Å²) in [5.74, 6) is 1.71. The van der Waals surface area contributed by atoms with E-state index in [4.69, 9.17) is 19.4 Å². The minimum absolute atomic E-state index is 0.550. The Hall–Kier alpha value is -8.13. The molecule has 6 nitrogen and oxygen atoms in total. The zero-order valence-electron chi connectivity index (χ0n) is 33.0. The smallest absolute Gasteiger partial charge is 0.238 e. The molecule has 0 saturated heterocycles. The van der Waals surface area contributed by atoms with E-state index in [9.17, 15) is 0 Å². The molecule has 0 bridgehead atoms. The van der Waals surface area contributed by atoms with E-state index in [1.165, 1.54) is 41.7 Å².